The van der Waals surface area contributed by atoms with Crippen molar-refractivity contribution < 1.29 is 9.53 Å². The van der Waals surface area contributed by atoms with Gasteiger partial charge >= 0.3 is 5.97 Å². The normalized spacial score (nSPS) is 25.2. The third-order valence-corrected chi connectivity index (χ3v) is 4.14. The zero-order valence-electron chi connectivity index (χ0n) is 10.0. The molecule has 0 amide bonds. The highest BCUT2D eigenvalue weighted by atomic mass is 16.5. The first kappa shape index (κ1) is 10.8. The molecule has 2 aliphatic rings. The second kappa shape index (κ2) is 4.52. The summed E-state index contributed by atoms with van der Waals surface area (Å²) in [5.41, 5.74) is 1.20. The van der Waals surface area contributed by atoms with Gasteiger partial charge in [0.1, 0.15) is 5.75 Å². The lowest BCUT2D eigenvalue weighted by Crippen LogP contribution is -2.34. The molecule has 1 unspecified atom stereocenters. The Morgan fingerprint density at radius 1 is 1.06 bits per heavy atom. The average Bonchev–Trinajstić information content (AvgIpc) is 2.39. The van der Waals surface area contributed by atoms with E-state index in [1.807, 2.05) is 18.2 Å². The Bertz CT molecular complexity index is 419. The smallest absolute Gasteiger partial charge is 0.314 e. The monoisotopic (exact) mass is 230 g/mol. The van der Waals surface area contributed by atoms with Crippen LogP contribution in [-0.4, -0.2) is 5.97 Å². The lowest BCUT2D eigenvalue weighted by atomic mass is 9.76. The molecule has 0 N–H and O–H groups in total. The van der Waals surface area contributed by atoms with Gasteiger partial charge in [-0.2, -0.15) is 0 Å². The van der Waals surface area contributed by atoms with Gasteiger partial charge < -0.3 is 4.74 Å². The van der Waals surface area contributed by atoms with Crippen LogP contribution in [0.2, 0.25) is 0 Å². The van der Waals surface area contributed by atoms with E-state index in [2.05, 4.69) is 6.07 Å². The molecule has 1 aliphatic heterocycles. The molecule has 0 spiro atoms. The molecular formula is C15H18O2. The summed E-state index contributed by atoms with van der Waals surface area (Å²) in [7, 11) is 0. The number of carbonyl (C=O) groups is 1. The molecule has 1 heterocycles. The highest BCUT2D eigenvalue weighted by Gasteiger charge is 2.34. The second-order valence-electron chi connectivity index (χ2n) is 5.24. The number of hydrogen-bond donors (Lipinski definition) is 0. The summed E-state index contributed by atoms with van der Waals surface area (Å²) >= 11 is 0. The van der Waals surface area contributed by atoms with Gasteiger partial charge in [0.2, 0.25) is 0 Å². The van der Waals surface area contributed by atoms with Crippen molar-refractivity contribution in [1.29, 1.82) is 0 Å². The molecule has 1 saturated carbocycles. The Kier molecular flexibility index (Phi) is 2.87. The van der Waals surface area contributed by atoms with Gasteiger partial charge in [-0.25, -0.2) is 0 Å². The zero-order valence-corrected chi connectivity index (χ0v) is 10.0. The van der Waals surface area contributed by atoms with Gasteiger partial charge in [-0.15, -0.1) is 0 Å². The van der Waals surface area contributed by atoms with Crippen molar-refractivity contribution in [3.8, 4) is 5.75 Å². The van der Waals surface area contributed by atoms with E-state index in [9.17, 15) is 4.79 Å². The number of esters is 1. The van der Waals surface area contributed by atoms with Crippen molar-refractivity contribution in [2.24, 2.45) is 11.8 Å². The molecule has 0 bridgehead atoms. The van der Waals surface area contributed by atoms with E-state index >= 15 is 0 Å². The van der Waals surface area contributed by atoms with E-state index in [1.54, 1.807) is 0 Å². The van der Waals surface area contributed by atoms with E-state index in [0.29, 0.717) is 5.92 Å². The predicted molar refractivity (Wildman–Crippen MR) is 65.8 cm³/mol. The Morgan fingerprint density at radius 2 is 1.82 bits per heavy atom. The van der Waals surface area contributed by atoms with Crippen molar-refractivity contribution >= 4 is 5.97 Å². The molecule has 2 nitrogen and oxygen atoms in total. The molecule has 90 valence electrons. The first-order valence-electron chi connectivity index (χ1n) is 6.64. The minimum Gasteiger partial charge on any atom is -0.426 e. The van der Waals surface area contributed by atoms with Gasteiger partial charge in [0.05, 0.1) is 5.92 Å². The molecule has 0 aromatic heterocycles. The van der Waals surface area contributed by atoms with Gasteiger partial charge in [0, 0.05) is 0 Å². The highest BCUT2D eigenvalue weighted by molar-refractivity contribution is 5.78. The zero-order chi connectivity index (χ0) is 11.7. The van der Waals surface area contributed by atoms with E-state index in [0.717, 1.165) is 12.2 Å². The Hall–Kier alpha value is -1.31. The summed E-state index contributed by atoms with van der Waals surface area (Å²) < 4.78 is 5.46. The first-order valence-corrected chi connectivity index (χ1v) is 6.64. The molecule has 3 rings (SSSR count). The lowest BCUT2D eigenvalue weighted by molar-refractivity contribution is -0.142. The first-order chi connectivity index (χ1) is 8.34. The van der Waals surface area contributed by atoms with Crippen LogP contribution >= 0.6 is 0 Å². The third kappa shape index (κ3) is 2.08. The topological polar surface area (TPSA) is 26.3 Å². The van der Waals surface area contributed by atoms with Gasteiger partial charge in [-0.1, -0.05) is 37.5 Å². The molecule has 1 aromatic rings. The molecule has 1 fully saturated rings. The van der Waals surface area contributed by atoms with Crippen LogP contribution in [0, 0.1) is 11.8 Å². The summed E-state index contributed by atoms with van der Waals surface area (Å²) in [6.07, 6.45) is 7.14. The van der Waals surface area contributed by atoms with Crippen LogP contribution in [0.4, 0.5) is 0 Å². The number of carbonyl (C=O) groups excluding carboxylic acids is 1. The summed E-state index contributed by atoms with van der Waals surface area (Å²) in [5.74, 6) is 1.41. The molecular weight excluding hydrogens is 212 g/mol. The molecule has 1 aromatic carbocycles. The number of rotatable bonds is 1. The van der Waals surface area contributed by atoms with Crippen LogP contribution < -0.4 is 4.74 Å². The van der Waals surface area contributed by atoms with Crippen molar-refractivity contribution in [3.05, 3.63) is 29.8 Å². The number of para-hydroxylation sites is 1. The van der Waals surface area contributed by atoms with Gasteiger partial charge in [0.25, 0.3) is 0 Å². The van der Waals surface area contributed by atoms with Crippen molar-refractivity contribution in [1.82, 2.24) is 0 Å². The fourth-order valence-corrected chi connectivity index (χ4v) is 3.17. The van der Waals surface area contributed by atoms with Crippen LogP contribution in [-0.2, 0) is 11.2 Å². The lowest BCUT2D eigenvalue weighted by Gasteiger charge is -2.32. The number of benzene rings is 1. The third-order valence-electron chi connectivity index (χ3n) is 4.14. The molecule has 1 atom stereocenters. The minimum atomic E-state index is -0.00407. The quantitative estimate of drug-likeness (QED) is 0.546. The van der Waals surface area contributed by atoms with Gasteiger partial charge in [-0.3, -0.25) is 4.79 Å². The maximum atomic E-state index is 12.0. The fraction of sp³-hybridized carbons (Fsp3) is 0.533. The van der Waals surface area contributed by atoms with Crippen LogP contribution in [0.5, 0.6) is 5.75 Å². The average molecular weight is 230 g/mol. The van der Waals surface area contributed by atoms with Crippen LogP contribution in [0.25, 0.3) is 0 Å². The summed E-state index contributed by atoms with van der Waals surface area (Å²) in [6.45, 7) is 0. The molecule has 0 radical (unpaired) electrons. The minimum absolute atomic E-state index is 0.00407. The number of hydrogen-bond acceptors (Lipinski definition) is 2. The van der Waals surface area contributed by atoms with E-state index in [-0.39, 0.29) is 11.9 Å². The predicted octanol–water partition coefficient (Wildman–Crippen LogP) is 3.34. The maximum Gasteiger partial charge on any atom is 0.314 e. The fourth-order valence-electron chi connectivity index (χ4n) is 3.17. The van der Waals surface area contributed by atoms with Gasteiger partial charge in [0.15, 0.2) is 0 Å². The van der Waals surface area contributed by atoms with Crippen LogP contribution in [0.3, 0.4) is 0 Å². The van der Waals surface area contributed by atoms with Crippen LogP contribution in [0.15, 0.2) is 24.3 Å². The molecule has 1 aliphatic carbocycles. The van der Waals surface area contributed by atoms with Crippen molar-refractivity contribution in [2.45, 2.75) is 38.5 Å². The Labute approximate surface area is 102 Å². The molecule has 2 heteroatoms. The highest BCUT2D eigenvalue weighted by Crippen LogP contribution is 2.37. The number of ether oxygens (including phenoxy) is 1. The Morgan fingerprint density at radius 3 is 2.65 bits per heavy atom. The maximum absolute atomic E-state index is 12.0. The second-order valence-corrected chi connectivity index (χ2v) is 5.24. The summed E-state index contributed by atoms with van der Waals surface area (Å²) in [5, 5.41) is 0. The Balaban J connectivity index is 1.81. The van der Waals surface area contributed by atoms with Crippen molar-refractivity contribution in [2.75, 3.05) is 0 Å². The SMILES string of the molecule is O=C1Oc2ccccc2CC1C1CCCCC1. The molecule has 17 heavy (non-hydrogen) atoms. The standard InChI is InChI=1S/C15H18O2/c16-15-13(11-6-2-1-3-7-11)10-12-8-4-5-9-14(12)17-15/h4-5,8-9,11,13H,1-3,6-7,10H2. The summed E-state index contributed by atoms with van der Waals surface area (Å²) in [4.78, 5) is 12.0. The van der Waals surface area contributed by atoms with E-state index in [4.69, 9.17) is 4.74 Å². The van der Waals surface area contributed by atoms with Crippen molar-refractivity contribution in [3.63, 3.8) is 0 Å². The molecule has 0 saturated heterocycles. The van der Waals surface area contributed by atoms with E-state index < -0.39 is 0 Å². The largest absolute Gasteiger partial charge is 0.426 e. The van der Waals surface area contributed by atoms with Crippen LogP contribution in [0.1, 0.15) is 37.7 Å². The summed E-state index contributed by atoms with van der Waals surface area (Å²) in [6, 6.07) is 7.92. The van der Waals surface area contributed by atoms with Gasteiger partial charge in [-0.05, 0) is 36.8 Å². The van der Waals surface area contributed by atoms with E-state index in [1.165, 1.54) is 37.7 Å². The number of fused-ring (bicyclic) bond motifs is 1.